The average molecular weight is 283 g/mol. The van der Waals surface area contributed by atoms with Crippen LogP contribution in [-0.4, -0.2) is 27.7 Å². The maximum atomic E-state index is 10.9. The van der Waals surface area contributed by atoms with Gasteiger partial charge in [0.1, 0.15) is 5.82 Å². The highest BCUT2D eigenvalue weighted by molar-refractivity contribution is 7.84. The van der Waals surface area contributed by atoms with E-state index in [9.17, 15) is 4.21 Å². The van der Waals surface area contributed by atoms with E-state index in [0.717, 1.165) is 0 Å². The zero-order valence-electron chi connectivity index (χ0n) is 8.59. The lowest BCUT2D eigenvalue weighted by Gasteiger charge is -2.09. The molecular weight excluding hydrogens is 271 g/mol. The van der Waals surface area contributed by atoms with Crippen molar-refractivity contribution in [2.45, 2.75) is 0 Å². The second kappa shape index (κ2) is 6.24. The van der Waals surface area contributed by atoms with Gasteiger partial charge in [-0.05, 0) is 6.07 Å². The number of halogens is 2. The number of rotatable bonds is 5. The first kappa shape index (κ1) is 13.5. The van der Waals surface area contributed by atoms with Crippen LogP contribution in [-0.2, 0) is 10.8 Å². The fourth-order valence-electron chi connectivity index (χ4n) is 1.00. The third-order valence-electron chi connectivity index (χ3n) is 1.75. The average Bonchev–Trinajstić information content (AvgIpc) is 2.20. The smallest absolute Gasteiger partial charge is 0.161 e. The van der Waals surface area contributed by atoms with Crippen LogP contribution in [0, 0.1) is 0 Å². The van der Waals surface area contributed by atoms with Crippen LogP contribution in [0.4, 0.5) is 11.6 Å². The molecule has 90 valence electrons. The van der Waals surface area contributed by atoms with Gasteiger partial charge in [-0.25, -0.2) is 10.8 Å². The van der Waals surface area contributed by atoms with Crippen LogP contribution in [0.3, 0.4) is 0 Å². The Balaban J connectivity index is 2.75. The van der Waals surface area contributed by atoms with Gasteiger partial charge in [0.2, 0.25) is 0 Å². The van der Waals surface area contributed by atoms with Crippen molar-refractivity contribution in [3.63, 3.8) is 0 Å². The molecular formula is C8H12Cl2N4OS. The molecule has 1 rings (SSSR count). The molecule has 0 saturated heterocycles. The molecule has 1 atom stereocenters. The van der Waals surface area contributed by atoms with E-state index in [1.165, 1.54) is 6.07 Å². The Bertz CT molecular complexity index is 402. The number of hydrogen-bond donors (Lipinski definition) is 3. The molecule has 0 amide bonds. The Morgan fingerprint density at radius 3 is 2.62 bits per heavy atom. The Kier molecular flexibility index (Phi) is 5.27. The Labute approximate surface area is 106 Å². The third kappa shape index (κ3) is 3.79. The number of nitrogens with one attached hydrogen (secondary N) is 2. The summed E-state index contributed by atoms with van der Waals surface area (Å²) in [6.45, 7) is 0.515. The SMILES string of the molecule is CS(=O)CCNc1nc(NN)c(Cl)cc1Cl. The van der Waals surface area contributed by atoms with E-state index in [0.29, 0.717) is 34.0 Å². The summed E-state index contributed by atoms with van der Waals surface area (Å²) in [5.74, 6) is 6.55. The summed E-state index contributed by atoms with van der Waals surface area (Å²) in [6.07, 6.45) is 1.63. The zero-order valence-corrected chi connectivity index (χ0v) is 10.9. The van der Waals surface area contributed by atoms with Crippen LogP contribution in [0.2, 0.25) is 10.0 Å². The van der Waals surface area contributed by atoms with Crippen molar-refractivity contribution >= 4 is 45.6 Å². The van der Waals surface area contributed by atoms with Crippen LogP contribution in [0.5, 0.6) is 0 Å². The van der Waals surface area contributed by atoms with E-state index in [2.05, 4.69) is 15.7 Å². The molecule has 4 N–H and O–H groups in total. The van der Waals surface area contributed by atoms with Crippen molar-refractivity contribution in [3.8, 4) is 0 Å². The number of nitrogens with zero attached hydrogens (tertiary/aromatic N) is 1. The van der Waals surface area contributed by atoms with Crippen molar-refractivity contribution in [2.24, 2.45) is 5.84 Å². The quantitative estimate of drug-likeness (QED) is 0.563. The fraction of sp³-hybridized carbons (Fsp3) is 0.375. The second-order valence-corrected chi connectivity index (χ2v) is 5.37. The van der Waals surface area contributed by atoms with Gasteiger partial charge in [-0.1, -0.05) is 23.2 Å². The van der Waals surface area contributed by atoms with Gasteiger partial charge in [-0.15, -0.1) is 0 Å². The van der Waals surface area contributed by atoms with Crippen LogP contribution in [0.15, 0.2) is 6.07 Å². The molecule has 0 saturated carbocycles. The van der Waals surface area contributed by atoms with Gasteiger partial charge in [-0.2, -0.15) is 0 Å². The van der Waals surface area contributed by atoms with Crippen molar-refractivity contribution in [2.75, 3.05) is 29.3 Å². The van der Waals surface area contributed by atoms with Crippen molar-refractivity contribution < 1.29 is 4.21 Å². The predicted molar refractivity (Wildman–Crippen MR) is 69.5 cm³/mol. The fourth-order valence-corrected chi connectivity index (χ4v) is 1.87. The Hall–Kier alpha value is -0.560. The van der Waals surface area contributed by atoms with E-state index in [1.54, 1.807) is 6.26 Å². The third-order valence-corrected chi connectivity index (χ3v) is 3.10. The normalized spacial score (nSPS) is 12.2. The second-order valence-electron chi connectivity index (χ2n) is 3.00. The summed E-state index contributed by atoms with van der Waals surface area (Å²) in [5, 5.41) is 3.69. The summed E-state index contributed by atoms with van der Waals surface area (Å²) < 4.78 is 10.9. The van der Waals surface area contributed by atoms with E-state index in [4.69, 9.17) is 29.0 Å². The summed E-state index contributed by atoms with van der Waals surface area (Å²) in [6, 6.07) is 1.54. The minimum Gasteiger partial charge on any atom is -0.368 e. The summed E-state index contributed by atoms with van der Waals surface area (Å²) >= 11 is 11.7. The summed E-state index contributed by atoms with van der Waals surface area (Å²) in [4.78, 5) is 4.08. The van der Waals surface area contributed by atoms with E-state index < -0.39 is 10.8 Å². The highest BCUT2D eigenvalue weighted by Gasteiger charge is 2.08. The maximum Gasteiger partial charge on any atom is 0.161 e. The van der Waals surface area contributed by atoms with Gasteiger partial charge in [0, 0.05) is 29.4 Å². The molecule has 1 aromatic heterocycles. The van der Waals surface area contributed by atoms with Crippen LogP contribution < -0.4 is 16.6 Å². The number of aromatic nitrogens is 1. The lowest BCUT2D eigenvalue weighted by molar-refractivity contribution is 0.687. The summed E-state index contributed by atoms with van der Waals surface area (Å²) in [7, 11) is -0.857. The molecule has 0 aliphatic rings. The van der Waals surface area contributed by atoms with Gasteiger partial charge in [-0.3, -0.25) is 4.21 Å². The van der Waals surface area contributed by atoms with Gasteiger partial charge in [0.25, 0.3) is 0 Å². The molecule has 1 unspecified atom stereocenters. The highest BCUT2D eigenvalue weighted by Crippen LogP contribution is 2.28. The monoisotopic (exact) mass is 282 g/mol. The number of nitrogen functional groups attached to an aromatic ring is 1. The van der Waals surface area contributed by atoms with Crippen LogP contribution in [0.25, 0.3) is 0 Å². The van der Waals surface area contributed by atoms with Gasteiger partial charge in [0.05, 0.1) is 10.0 Å². The largest absolute Gasteiger partial charge is 0.368 e. The molecule has 0 aliphatic carbocycles. The standard InChI is InChI=1S/C8H12Cl2N4OS/c1-16(15)3-2-12-7-5(9)4-6(10)8(13-7)14-11/h4H,2-3,11H2,1H3,(H2,12,13,14). The minimum absolute atomic E-state index is 0.339. The lowest BCUT2D eigenvalue weighted by Crippen LogP contribution is -2.14. The first-order valence-corrected chi connectivity index (χ1v) is 6.89. The maximum absolute atomic E-state index is 10.9. The molecule has 16 heavy (non-hydrogen) atoms. The summed E-state index contributed by atoms with van der Waals surface area (Å²) in [5.41, 5.74) is 2.36. The van der Waals surface area contributed by atoms with E-state index in [1.807, 2.05) is 0 Å². The number of hydrazine groups is 1. The van der Waals surface area contributed by atoms with Gasteiger partial charge >= 0.3 is 0 Å². The molecule has 0 aromatic carbocycles. The Morgan fingerprint density at radius 1 is 1.44 bits per heavy atom. The van der Waals surface area contributed by atoms with Crippen molar-refractivity contribution in [3.05, 3.63) is 16.1 Å². The molecule has 0 spiro atoms. The molecule has 0 bridgehead atoms. The zero-order chi connectivity index (χ0) is 12.1. The first-order valence-electron chi connectivity index (χ1n) is 4.41. The molecule has 0 fully saturated rings. The van der Waals surface area contributed by atoms with Crippen molar-refractivity contribution in [1.82, 2.24) is 4.98 Å². The van der Waals surface area contributed by atoms with E-state index >= 15 is 0 Å². The Morgan fingerprint density at radius 2 is 2.06 bits per heavy atom. The molecule has 5 nitrogen and oxygen atoms in total. The molecule has 0 radical (unpaired) electrons. The number of hydrogen-bond acceptors (Lipinski definition) is 5. The molecule has 0 aliphatic heterocycles. The van der Waals surface area contributed by atoms with Gasteiger partial charge < -0.3 is 10.7 Å². The van der Waals surface area contributed by atoms with Gasteiger partial charge in [0.15, 0.2) is 5.82 Å². The van der Waals surface area contributed by atoms with Crippen molar-refractivity contribution in [1.29, 1.82) is 0 Å². The molecule has 1 aromatic rings. The minimum atomic E-state index is -0.857. The predicted octanol–water partition coefficient (Wildman–Crippen LogP) is 1.46. The molecule has 1 heterocycles. The van der Waals surface area contributed by atoms with Crippen LogP contribution >= 0.6 is 23.2 Å². The first-order chi connectivity index (χ1) is 7.54. The van der Waals surface area contributed by atoms with E-state index in [-0.39, 0.29) is 0 Å². The lowest BCUT2D eigenvalue weighted by atomic mass is 10.4. The van der Waals surface area contributed by atoms with Crippen LogP contribution in [0.1, 0.15) is 0 Å². The topological polar surface area (TPSA) is 80.0 Å². The molecule has 8 heteroatoms. The number of pyridine rings is 1. The number of anilines is 2. The number of nitrogens with two attached hydrogens (primary N) is 1. The highest BCUT2D eigenvalue weighted by atomic mass is 35.5.